The van der Waals surface area contributed by atoms with E-state index in [9.17, 15) is 4.79 Å². The fraction of sp³-hybridized carbons (Fsp3) is 0.118. The van der Waals surface area contributed by atoms with Gasteiger partial charge < -0.3 is 5.32 Å². The van der Waals surface area contributed by atoms with Crippen molar-refractivity contribution in [3.05, 3.63) is 81.3 Å². The molecule has 0 saturated carbocycles. The molecule has 0 aliphatic rings. The number of carbonyl (C=O) groups excluding carboxylic acids is 1. The molecule has 0 spiro atoms. The monoisotopic (exact) mass is 404 g/mol. The van der Waals surface area contributed by atoms with E-state index in [1.165, 1.54) is 6.33 Å². The molecule has 0 atom stereocenters. The molecule has 0 radical (unpaired) electrons. The molecule has 3 aromatic rings. The number of hydrogen-bond donors (Lipinski definition) is 1. The molecule has 24 heavy (non-hydrogen) atoms. The molecule has 1 N–H and O–H groups in total. The molecule has 1 aromatic heterocycles. The molecule has 0 fully saturated rings. The highest BCUT2D eigenvalue weighted by Crippen LogP contribution is 2.21. The average Bonchev–Trinajstić information content (AvgIpc) is 3.09. The summed E-state index contributed by atoms with van der Waals surface area (Å²) in [5, 5.41) is 7.38. The zero-order valence-electron chi connectivity index (χ0n) is 12.6. The van der Waals surface area contributed by atoms with Gasteiger partial charge in [0.25, 0.3) is 5.91 Å². The van der Waals surface area contributed by atoms with E-state index in [1.807, 2.05) is 24.3 Å². The summed E-state index contributed by atoms with van der Waals surface area (Å²) in [4.78, 5) is 16.2. The lowest BCUT2D eigenvalue weighted by Crippen LogP contribution is -2.23. The van der Waals surface area contributed by atoms with E-state index < -0.39 is 0 Å². The first kappa shape index (κ1) is 16.7. The number of nitrogens with one attached hydrogen (secondary N) is 1. The first-order valence-electron chi connectivity index (χ1n) is 7.25. The van der Waals surface area contributed by atoms with Gasteiger partial charge in [0.15, 0.2) is 0 Å². The molecule has 2 aromatic carbocycles. The van der Waals surface area contributed by atoms with Crippen LogP contribution in [0, 0.1) is 0 Å². The van der Waals surface area contributed by atoms with E-state index in [1.54, 1.807) is 29.2 Å². The predicted molar refractivity (Wildman–Crippen MR) is 95.9 cm³/mol. The zero-order chi connectivity index (χ0) is 16.9. The number of amides is 1. The van der Waals surface area contributed by atoms with Crippen LogP contribution in [0.2, 0.25) is 5.02 Å². The Hall–Kier alpha value is -2.18. The summed E-state index contributed by atoms with van der Waals surface area (Å²) in [6.07, 6.45) is 3.19. The Morgan fingerprint density at radius 2 is 1.92 bits per heavy atom. The Morgan fingerprint density at radius 1 is 1.17 bits per heavy atom. The highest BCUT2D eigenvalue weighted by atomic mass is 79.9. The van der Waals surface area contributed by atoms with Crippen LogP contribution in [0.15, 0.2) is 59.6 Å². The molecular weight excluding hydrogens is 392 g/mol. The maximum Gasteiger partial charge on any atom is 0.253 e. The van der Waals surface area contributed by atoms with Crippen molar-refractivity contribution in [2.24, 2.45) is 0 Å². The summed E-state index contributed by atoms with van der Waals surface area (Å²) < 4.78 is 2.57. The number of hydrogen-bond acceptors (Lipinski definition) is 3. The topological polar surface area (TPSA) is 59.8 Å². The van der Waals surface area contributed by atoms with Crippen LogP contribution < -0.4 is 5.32 Å². The maximum atomic E-state index is 12.2. The fourth-order valence-corrected chi connectivity index (χ4v) is 2.78. The van der Waals surface area contributed by atoms with E-state index in [-0.39, 0.29) is 5.91 Å². The fourth-order valence-electron chi connectivity index (χ4n) is 2.21. The van der Waals surface area contributed by atoms with Crippen LogP contribution in [0.25, 0.3) is 0 Å². The first-order valence-corrected chi connectivity index (χ1v) is 8.42. The predicted octanol–water partition coefficient (Wildman–Crippen LogP) is 3.67. The lowest BCUT2D eigenvalue weighted by atomic mass is 10.1. The molecule has 0 aliphatic carbocycles. The van der Waals surface area contributed by atoms with Crippen molar-refractivity contribution in [2.75, 3.05) is 0 Å². The van der Waals surface area contributed by atoms with Gasteiger partial charge in [-0.25, -0.2) is 9.67 Å². The molecule has 122 valence electrons. The van der Waals surface area contributed by atoms with Crippen molar-refractivity contribution in [3.63, 3.8) is 0 Å². The molecule has 0 unspecified atom stereocenters. The molecule has 7 heteroatoms. The van der Waals surface area contributed by atoms with Crippen molar-refractivity contribution >= 4 is 33.4 Å². The van der Waals surface area contributed by atoms with E-state index in [0.717, 1.165) is 15.6 Å². The second kappa shape index (κ2) is 7.59. The Bertz CT molecular complexity index is 834. The largest absolute Gasteiger partial charge is 0.348 e. The van der Waals surface area contributed by atoms with E-state index in [2.05, 4.69) is 31.3 Å². The third-order valence-corrected chi connectivity index (χ3v) is 4.28. The van der Waals surface area contributed by atoms with Gasteiger partial charge in [-0.2, -0.15) is 5.10 Å². The maximum absolute atomic E-state index is 12.2. The highest BCUT2D eigenvalue weighted by Gasteiger charge is 2.10. The van der Waals surface area contributed by atoms with Gasteiger partial charge >= 0.3 is 0 Å². The van der Waals surface area contributed by atoms with E-state index in [0.29, 0.717) is 23.7 Å². The quantitative estimate of drug-likeness (QED) is 0.704. The Balaban J connectivity index is 1.60. The Labute approximate surface area is 152 Å². The van der Waals surface area contributed by atoms with Crippen molar-refractivity contribution in [1.82, 2.24) is 20.1 Å². The standard InChI is InChI=1S/C17H14BrClN4O/c18-14-5-6-16(19)15(7-14)17(24)21-8-12-1-3-13(4-2-12)9-23-11-20-10-22-23/h1-7,10-11H,8-9H2,(H,21,24). The number of rotatable bonds is 5. The van der Waals surface area contributed by atoms with Crippen LogP contribution in [0.3, 0.4) is 0 Å². The van der Waals surface area contributed by atoms with Crippen LogP contribution in [0.5, 0.6) is 0 Å². The molecule has 5 nitrogen and oxygen atoms in total. The number of aromatic nitrogens is 3. The van der Waals surface area contributed by atoms with Crippen LogP contribution >= 0.6 is 27.5 Å². The normalized spacial score (nSPS) is 10.6. The van der Waals surface area contributed by atoms with Crippen LogP contribution in [-0.2, 0) is 13.1 Å². The number of nitrogens with zero attached hydrogens (tertiary/aromatic N) is 3. The van der Waals surface area contributed by atoms with Crippen molar-refractivity contribution in [3.8, 4) is 0 Å². The molecule has 1 heterocycles. The lowest BCUT2D eigenvalue weighted by molar-refractivity contribution is 0.0951. The van der Waals surface area contributed by atoms with Crippen LogP contribution in [0.4, 0.5) is 0 Å². The van der Waals surface area contributed by atoms with Gasteiger partial charge in [0.2, 0.25) is 0 Å². The van der Waals surface area contributed by atoms with Gasteiger partial charge in [-0.1, -0.05) is 51.8 Å². The molecule has 0 bridgehead atoms. The van der Waals surface area contributed by atoms with Gasteiger partial charge in [-0.3, -0.25) is 4.79 Å². The minimum atomic E-state index is -0.201. The minimum absolute atomic E-state index is 0.201. The van der Waals surface area contributed by atoms with Gasteiger partial charge in [0.1, 0.15) is 12.7 Å². The number of halogens is 2. The zero-order valence-corrected chi connectivity index (χ0v) is 15.0. The van der Waals surface area contributed by atoms with Gasteiger partial charge in [0.05, 0.1) is 17.1 Å². The summed E-state index contributed by atoms with van der Waals surface area (Å²) in [6.45, 7) is 1.10. The smallest absolute Gasteiger partial charge is 0.253 e. The SMILES string of the molecule is O=C(NCc1ccc(Cn2cncn2)cc1)c1cc(Br)ccc1Cl. The summed E-state index contributed by atoms with van der Waals surface area (Å²) in [5.74, 6) is -0.201. The highest BCUT2D eigenvalue weighted by molar-refractivity contribution is 9.10. The van der Waals surface area contributed by atoms with Crippen molar-refractivity contribution in [1.29, 1.82) is 0 Å². The van der Waals surface area contributed by atoms with Gasteiger partial charge in [-0.05, 0) is 29.3 Å². The third kappa shape index (κ3) is 4.21. The van der Waals surface area contributed by atoms with E-state index in [4.69, 9.17) is 11.6 Å². The molecule has 0 aliphatic heterocycles. The summed E-state index contributed by atoms with van der Waals surface area (Å²) in [5.41, 5.74) is 2.58. The molecule has 3 rings (SSSR count). The number of benzene rings is 2. The van der Waals surface area contributed by atoms with Crippen LogP contribution in [-0.4, -0.2) is 20.7 Å². The van der Waals surface area contributed by atoms with Gasteiger partial charge in [-0.15, -0.1) is 0 Å². The third-order valence-electron chi connectivity index (χ3n) is 3.46. The van der Waals surface area contributed by atoms with E-state index >= 15 is 0 Å². The molecule has 1 amide bonds. The Morgan fingerprint density at radius 3 is 2.62 bits per heavy atom. The second-order valence-corrected chi connectivity index (χ2v) is 6.54. The average molecular weight is 406 g/mol. The van der Waals surface area contributed by atoms with Crippen molar-refractivity contribution < 1.29 is 4.79 Å². The summed E-state index contributed by atoms with van der Waals surface area (Å²) in [7, 11) is 0. The minimum Gasteiger partial charge on any atom is -0.348 e. The second-order valence-electron chi connectivity index (χ2n) is 5.22. The summed E-state index contributed by atoms with van der Waals surface area (Å²) >= 11 is 9.41. The lowest BCUT2D eigenvalue weighted by Gasteiger charge is -2.08. The summed E-state index contributed by atoms with van der Waals surface area (Å²) in [6, 6.07) is 13.2. The molecule has 0 saturated heterocycles. The van der Waals surface area contributed by atoms with Crippen molar-refractivity contribution in [2.45, 2.75) is 13.1 Å². The number of carbonyl (C=O) groups is 1. The first-order chi connectivity index (χ1) is 11.6. The Kier molecular flexibility index (Phi) is 5.27. The van der Waals surface area contributed by atoms with Crippen LogP contribution in [0.1, 0.15) is 21.5 Å². The van der Waals surface area contributed by atoms with Gasteiger partial charge in [0, 0.05) is 11.0 Å². The molecular formula is C17H14BrClN4O.